The van der Waals surface area contributed by atoms with E-state index in [1.54, 1.807) is 30.5 Å². The summed E-state index contributed by atoms with van der Waals surface area (Å²) in [6.07, 6.45) is 1.66. The molecule has 0 atom stereocenters. The first-order valence-corrected chi connectivity index (χ1v) is 10.2. The Morgan fingerprint density at radius 3 is 2.40 bits per heavy atom. The SMILES string of the molecule is N#Cc1ccnc(N2CCN(CC(=O)N3CCN(c4ccccc4F)CC3)CC2)c1. The second kappa shape index (κ2) is 9.09. The predicted octanol–water partition coefficient (Wildman–Crippen LogP) is 1.56. The van der Waals surface area contributed by atoms with Gasteiger partial charge < -0.3 is 14.7 Å². The minimum atomic E-state index is -0.218. The zero-order valence-corrected chi connectivity index (χ0v) is 16.9. The Bertz CT molecular complexity index is 929. The average molecular weight is 408 g/mol. The van der Waals surface area contributed by atoms with E-state index in [2.05, 4.69) is 20.9 Å². The van der Waals surface area contributed by atoms with Gasteiger partial charge in [-0.05, 0) is 24.3 Å². The van der Waals surface area contributed by atoms with Gasteiger partial charge in [-0.2, -0.15) is 5.26 Å². The summed E-state index contributed by atoms with van der Waals surface area (Å²) in [6, 6.07) is 12.4. The van der Waals surface area contributed by atoms with Crippen molar-refractivity contribution in [1.82, 2.24) is 14.8 Å². The summed E-state index contributed by atoms with van der Waals surface area (Å²) in [7, 11) is 0. The number of benzene rings is 1. The van der Waals surface area contributed by atoms with Gasteiger partial charge >= 0.3 is 0 Å². The number of halogens is 1. The number of nitrogens with zero attached hydrogens (tertiary/aromatic N) is 6. The normalized spacial score (nSPS) is 17.7. The number of carbonyl (C=O) groups is 1. The van der Waals surface area contributed by atoms with E-state index >= 15 is 0 Å². The van der Waals surface area contributed by atoms with Gasteiger partial charge in [-0.3, -0.25) is 9.69 Å². The number of carbonyl (C=O) groups excluding carboxylic acids is 1. The van der Waals surface area contributed by atoms with Gasteiger partial charge in [0, 0.05) is 58.6 Å². The molecule has 4 rings (SSSR count). The molecule has 1 aromatic carbocycles. The third kappa shape index (κ3) is 4.52. The van der Waals surface area contributed by atoms with Crippen molar-refractivity contribution < 1.29 is 9.18 Å². The minimum absolute atomic E-state index is 0.126. The van der Waals surface area contributed by atoms with E-state index in [1.165, 1.54) is 6.07 Å². The number of pyridine rings is 1. The van der Waals surface area contributed by atoms with Crippen LogP contribution in [0.5, 0.6) is 0 Å². The number of amides is 1. The molecule has 0 unspecified atom stereocenters. The second-order valence-electron chi connectivity index (χ2n) is 7.60. The van der Waals surface area contributed by atoms with Gasteiger partial charge in [0.15, 0.2) is 0 Å². The van der Waals surface area contributed by atoms with Crippen LogP contribution in [0.4, 0.5) is 15.9 Å². The smallest absolute Gasteiger partial charge is 0.236 e. The molecule has 2 aliphatic rings. The summed E-state index contributed by atoms with van der Waals surface area (Å²) in [5.74, 6) is 0.718. The highest BCUT2D eigenvalue weighted by atomic mass is 19.1. The highest BCUT2D eigenvalue weighted by Crippen LogP contribution is 2.20. The molecule has 2 aromatic rings. The molecule has 3 heterocycles. The Labute approximate surface area is 175 Å². The molecular formula is C22H25FN6O. The average Bonchev–Trinajstić information content (AvgIpc) is 2.80. The topological polar surface area (TPSA) is 66.7 Å². The quantitative estimate of drug-likeness (QED) is 0.765. The summed E-state index contributed by atoms with van der Waals surface area (Å²) in [5, 5.41) is 9.05. The van der Waals surface area contributed by atoms with Crippen molar-refractivity contribution in [3.63, 3.8) is 0 Å². The highest BCUT2D eigenvalue weighted by molar-refractivity contribution is 5.78. The van der Waals surface area contributed by atoms with Crippen molar-refractivity contribution in [3.05, 3.63) is 54.0 Å². The third-order valence-electron chi connectivity index (χ3n) is 5.76. The minimum Gasteiger partial charge on any atom is -0.366 e. The fourth-order valence-corrected chi connectivity index (χ4v) is 3.99. The fourth-order valence-electron chi connectivity index (χ4n) is 3.99. The summed E-state index contributed by atoms with van der Waals surface area (Å²) in [6.45, 7) is 6.00. The molecular weight excluding hydrogens is 383 g/mol. The zero-order chi connectivity index (χ0) is 20.9. The molecule has 2 fully saturated rings. The zero-order valence-electron chi connectivity index (χ0n) is 16.9. The molecule has 0 aliphatic carbocycles. The van der Waals surface area contributed by atoms with Crippen molar-refractivity contribution >= 4 is 17.4 Å². The van der Waals surface area contributed by atoms with Crippen LogP contribution in [-0.4, -0.2) is 79.6 Å². The Morgan fingerprint density at radius 2 is 1.70 bits per heavy atom. The summed E-state index contributed by atoms with van der Waals surface area (Å²) >= 11 is 0. The standard InChI is InChI=1S/C22H25FN6O/c23-19-3-1-2-4-20(19)27-11-13-29(14-12-27)22(30)17-26-7-9-28(10-8-26)21-15-18(16-24)5-6-25-21/h1-6,15H,7-14,17H2. The lowest BCUT2D eigenvalue weighted by Gasteiger charge is -2.39. The number of para-hydroxylation sites is 1. The largest absolute Gasteiger partial charge is 0.366 e. The van der Waals surface area contributed by atoms with Crippen molar-refractivity contribution in [3.8, 4) is 6.07 Å². The number of hydrogen-bond acceptors (Lipinski definition) is 6. The second-order valence-corrected chi connectivity index (χ2v) is 7.60. The van der Waals surface area contributed by atoms with E-state index in [0.29, 0.717) is 44.0 Å². The van der Waals surface area contributed by atoms with Crippen LogP contribution in [-0.2, 0) is 4.79 Å². The lowest BCUT2D eigenvalue weighted by molar-refractivity contribution is -0.132. The van der Waals surface area contributed by atoms with Gasteiger partial charge in [-0.1, -0.05) is 12.1 Å². The number of rotatable bonds is 4. The van der Waals surface area contributed by atoms with Crippen LogP contribution >= 0.6 is 0 Å². The van der Waals surface area contributed by atoms with Gasteiger partial charge in [0.05, 0.1) is 23.9 Å². The van der Waals surface area contributed by atoms with E-state index in [-0.39, 0.29) is 11.7 Å². The summed E-state index contributed by atoms with van der Waals surface area (Å²) in [5.41, 5.74) is 1.21. The predicted molar refractivity (Wildman–Crippen MR) is 113 cm³/mol. The summed E-state index contributed by atoms with van der Waals surface area (Å²) in [4.78, 5) is 25.3. The monoisotopic (exact) mass is 408 g/mol. The molecule has 2 aliphatic heterocycles. The van der Waals surface area contributed by atoms with Crippen LogP contribution in [0.1, 0.15) is 5.56 Å². The number of nitriles is 1. The molecule has 2 saturated heterocycles. The Hall–Kier alpha value is -3.18. The first-order chi connectivity index (χ1) is 14.6. The van der Waals surface area contributed by atoms with Gasteiger partial charge in [0.2, 0.25) is 5.91 Å². The van der Waals surface area contributed by atoms with Gasteiger partial charge in [-0.25, -0.2) is 9.37 Å². The number of anilines is 2. The molecule has 0 bridgehead atoms. The molecule has 7 nitrogen and oxygen atoms in total. The lowest BCUT2D eigenvalue weighted by atomic mass is 10.2. The lowest BCUT2D eigenvalue weighted by Crippen LogP contribution is -2.54. The van der Waals surface area contributed by atoms with Crippen LogP contribution in [0.15, 0.2) is 42.6 Å². The van der Waals surface area contributed by atoms with Crippen molar-refractivity contribution in [2.75, 3.05) is 68.7 Å². The first-order valence-electron chi connectivity index (χ1n) is 10.2. The van der Waals surface area contributed by atoms with Crippen molar-refractivity contribution in [1.29, 1.82) is 5.26 Å². The highest BCUT2D eigenvalue weighted by Gasteiger charge is 2.26. The molecule has 156 valence electrons. The Balaban J connectivity index is 1.25. The molecule has 1 aromatic heterocycles. The van der Waals surface area contributed by atoms with Crippen molar-refractivity contribution in [2.45, 2.75) is 0 Å². The molecule has 0 spiro atoms. The first kappa shape index (κ1) is 20.1. The summed E-state index contributed by atoms with van der Waals surface area (Å²) < 4.78 is 14.0. The van der Waals surface area contributed by atoms with E-state index in [9.17, 15) is 9.18 Å². The molecule has 0 radical (unpaired) electrons. The molecule has 1 amide bonds. The van der Waals surface area contributed by atoms with E-state index in [4.69, 9.17) is 5.26 Å². The maximum atomic E-state index is 14.0. The van der Waals surface area contributed by atoms with Crippen molar-refractivity contribution in [2.24, 2.45) is 0 Å². The van der Waals surface area contributed by atoms with Crippen LogP contribution in [0, 0.1) is 17.1 Å². The molecule has 30 heavy (non-hydrogen) atoms. The van der Waals surface area contributed by atoms with E-state index in [0.717, 1.165) is 32.0 Å². The van der Waals surface area contributed by atoms with E-state index < -0.39 is 0 Å². The Morgan fingerprint density at radius 1 is 1.00 bits per heavy atom. The fraction of sp³-hybridized carbons (Fsp3) is 0.409. The van der Waals surface area contributed by atoms with E-state index in [1.807, 2.05) is 15.9 Å². The van der Waals surface area contributed by atoms with Gasteiger partial charge in [0.25, 0.3) is 0 Å². The Kier molecular flexibility index (Phi) is 6.10. The third-order valence-corrected chi connectivity index (χ3v) is 5.76. The molecule has 0 N–H and O–H groups in total. The number of hydrogen-bond donors (Lipinski definition) is 0. The van der Waals surface area contributed by atoms with Gasteiger partial charge in [-0.15, -0.1) is 0 Å². The maximum Gasteiger partial charge on any atom is 0.236 e. The van der Waals surface area contributed by atoms with Crippen LogP contribution < -0.4 is 9.80 Å². The van der Waals surface area contributed by atoms with Crippen LogP contribution in [0.2, 0.25) is 0 Å². The number of aromatic nitrogens is 1. The number of piperazine rings is 2. The maximum absolute atomic E-state index is 14.0. The van der Waals surface area contributed by atoms with Gasteiger partial charge in [0.1, 0.15) is 11.6 Å². The van der Waals surface area contributed by atoms with Crippen LogP contribution in [0.3, 0.4) is 0 Å². The molecule has 0 saturated carbocycles. The molecule has 8 heteroatoms. The van der Waals surface area contributed by atoms with Crippen LogP contribution in [0.25, 0.3) is 0 Å².